The molecular formula is C15H27NO2. The summed E-state index contributed by atoms with van der Waals surface area (Å²) in [7, 11) is 1.46. The molecule has 1 atom stereocenters. The van der Waals surface area contributed by atoms with E-state index in [-0.39, 0.29) is 17.6 Å². The predicted octanol–water partition coefficient (Wildman–Crippen LogP) is 3.99. The summed E-state index contributed by atoms with van der Waals surface area (Å²) in [5, 5.41) is 0. The molecule has 3 heteroatoms. The number of nitrogens with zero attached hydrogens (tertiary/aromatic N) is 1. The van der Waals surface area contributed by atoms with Gasteiger partial charge in [-0.05, 0) is 24.7 Å². The van der Waals surface area contributed by atoms with Crippen LogP contribution < -0.4 is 0 Å². The molecule has 1 amide bonds. The van der Waals surface area contributed by atoms with Crippen LogP contribution in [-0.2, 0) is 4.74 Å². The Balaban J connectivity index is 2.79. The summed E-state index contributed by atoms with van der Waals surface area (Å²) in [6.07, 6.45) is 10.1. The minimum atomic E-state index is -0.208. The first kappa shape index (κ1) is 15.1. The molecule has 1 rings (SSSR count). The van der Waals surface area contributed by atoms with Crippen LogP contribution in [0.2, 0.25) is 0 Å². The Bertz CT molecular complexity index is 291. The van der Waals surface area contributed by atoms with Crippen molar-refractivity contribution >= 4 is 6.09 Å². The van der Waals surface area contributed by atoms with Crippen LogP contribution in [0.5, 0.6) is 0 Å². The van der Waals surface area contributed by atoms with Crippen molar-refractivity contribution in [3.8, 4) is 0 Å². The van der Waals surface area contributed by atoms with Gasteiger partial charge in [-0.15, -0.1) is 0 Å². The largest absolute Gasteiger partial charge is 0.453 e. The van der Waals surface area contributed by atoms with Crippen LogP contribution in [0.1, 0.15) is 52.9 Å². The summed E-state index contributed by atoms with van der Waals surface area (Å²) < 4.78 is 4.94. The number of allylic oxidation sites excluding steroid dienone is 1. The van der Waals surface area contributed by atoms with E-state index in [1.165, 1.54) is 26.4 Å². The van der Waals surface area contributed by atoms with E-state index < -0.39 is 0 Å². The average molecular weight is 253 g/mol. The molecule has 0 bridgehead atoms. The summed E-state index contributed by atoms with van der Waals surface area (Å²) in [5.41, 5.74) is 0.0877. The van der Waals surface area contributed by atoms with Crippen molar-refractivity contribution < 1.29 is 9.53 Å². The fourth-order valence-corrected chi connectivity index (χ4v) is 2.35. The molecule has 18 heavy (non-hydrogen) atoms. The first-order valence-electron chi connectivity index (χ1n) is 6.95. The van der Waals surface area contributed by atoms with E-state index in [2.05, 4.69) is 32.9 Å². The fourth-order valence-electron chi connectivity index (χ4n) is 2.35. The van der Waals surface area contributed by atoms with E-state index in [1.807, 2.05) is 4.90 Å². The van der Waals surface area contributed by atoms with Crippen molar-refractivity contribution in [3.63, 3.8) is 0 Å². The van der Waals surface area contributed by atoms with Crippen LogP contribution in [0.25, 0.3) is 0 Å². The Kier molecular flexibility index (Phi) is 5.70. The molecule has 3 nitrogen and oxygen atoms in total. The second kappa shape index (κ2) is 6.81. The number of rotatable bonds is 2. The Hall–Kier alpha value is -0.990. The van der Waals surface area contributed by atoms with Crippen LogP contribution >= 0.6 is 0 Å². The van der Waals surface area contributed by atoms with Gasteiger partial charge in [0.15, 0.2) is 0 Å². The van der Waals surface area contributed by atoms with Gasteiger partial charge >= 0.3 is 6.09 Å². The van der Waals surface area contributed by atoms with Crippen LogP contribution in [0.4, 0.5) is 4.79 Å². The van der Waals surface area contributed by atoms with E-state index in [1.54, 1.807) is 0 Å². The van der Waals surface area contributed by atoms with Gasteiger partial charge < -0.3 is 9.64 Å². The zero-order valence-electron chi connectivity index (χ0n) is 12.2. The maximum atomic E-state index is 12.0. The third-order valence-electron chi connectivity index (χ3n) is 3.18. The molecule has 0 aromatic heterocycles. The van der Waals surface area contributed by atoms with E-state index in [9.17, 15) is 4.79 Å². The number of hydrogen-bond acceptors (Lipinski definition) is 2. The van der Waals surface area contributed by atoms with Crippen LogP contribution in [0.3, 0.4) is 0 Å². The van der Waals surface area contributed by atoms with Crippen LogP contribution in [-0.4, -0.2) is 30.7 Å². The quantitative estimate of drug-likeness (QED) is 0.696. The third kappa shape index (κ3) is 5.11. The van der Waals surface area contributed by atoms with Gasteiger partial charge in [0.25, 0.3) is 0 Å². The molecule has 1 unspecified atom stereocenters. The number of ether oxygens (including phenoxy) is 1. The van der Waals surface area contributed by atoms with Gasteiger partial charge in [-0.3, -0.25) is 0 Å². The summed E-state index contributed by atoms with van der Waals surface area (Å²) in [6, 6.07) is 0.192. The number of amides is 1. The molecule has 1 aliphatic carbocycles. The molecule has 104 valence electrons. The SMILES string of the molecule is COC(=O)N(CC(C)(C)C)C1/C=C/CCCCC1. The fraction of sp³-hybridized carbons (Fsp3) is 0.800. The highest BCUT2D eigenvalue weighted by atomic mass is 16.5. The Morgan fingerprint density at radius 3 is 2.67 bits per heavy atom. The van der Waals surface area contributed by atoms with Crippen molar-refractivity contribution in [2.45, 2.75) is 58.9 Å². The average Bonchev–Trinajstić information content (AvgIpc) is 2.24. The zero-order chi connectivity index (χ0) is 13.6. The Labute approximate surface area is 111 Å². The van der Waals surface area contributed by atoms with E-state index in [4.69, 9.17) is 4.74 Å². The number of carbonyl (C=O) groups excluding carboxylic acids is 1. The molecular weight excluding hydrogens is 226 g/mol. The number of methoxy groups -OCH3 is 1. The monoisotopic (exact) mass is 253 g/mol. The van der Waals surface area contributed by atoms with Gasteiger partial charge in [-0.1, -0.05) is 45.8 Å². The van der Waals surface area contributed by atoms with Crippen molar-refractivity contribution in [1.82, 2.24) is 4.90 Å². The second-order valence-corrected chi connectivity index (χ2v) is 6.29. The summed E-state index contributed by atoms with van der Waals surface area (Å²) in [4.78, 5) is 13.8. The topological polar surface area (TPSA) is 29.5 Å². The van der Waals surface area contributed by atoms with Crippen molar-refractivity contribution in [3.05, 3.63) is 12.2 Å². The molecule has 0 aliphatic heterocycles. The van der Waals surface area contributed by atoms with E-state index >= 15 is 0 Å². The maximum absolute atomic E-state index is 12.0. The summed E-state index contributed by atoms with van der Waals surface area (Å²) in [5.74, 6) is 0. The lowest BCUT2D eigenvalue weighted by Gasteiger charge is -2.34. The summed E-state index contributed by atoms with van der Waals surface area (Å²) >= 11 is 0. The predicted molar refractivity (Wildman–Crippen MR) is 74.6 cm³/mol. The molecule has 1 aliphatic rings. The number of hydrogen-bond donors (Lipinski definition) is 0. The lowest BCUT2D eigenvalue weighted by atomic mass is 9.94. The lowest BCUT2D eigenvalue weighted by molar-refractivity contribution is 0.0925. The molecule has 0 aromatic carbocycles. The van der Waals surface area contributed by atoms with Gasteiger partial charge in [-0.2, -0.15) is 0 Å². The summed E-state index contributed by atoms with van der Waals surface area (Å²) in [6.45, 7) is 7.18. The van der Waals surface area contributed by atoms with Crippen molar-refractivity contribution in [2.24, 2.45) is 5.41 Å². The second-order valence-electron chi connectivity index (χ2n) is 6.29. The molecule has 0 fully saturated rings. The normalized spacial score (nSPS) is 22.8. The molecule has 0 saturated carbocycles. The molecule has 0 aromatic rings. The van der Waals surface area contributed by atoms with Crippen LogP contribution in [0.15, 0.2) is 12.2 Å². The first-order valence-corrected chi connectivity index (χ1v) is 6.95. The van der Waals surface area contributed by atoms with Gasteiger partial charge in [0, 0.05) is 6.54 Å². The first-order chi connectivity index (χ1) is 8.44. The molecule has 0 N–H and O–H groups in total. The molecule has 0 heterocycles. The Morgan fingerprint density at radius 2 is 2.06 bits per heavy atom. The maximum Gasteiger partial charge on any atom is 0.409 e. The van der Waals surface area contributed by atoms with Crippen molar-refractivity contribution in [1.29, 1.82) is 0 Å². The van der Waals surface area contributed by atoms with Crippen LogP contribution in [0, 0.1) is 5.41 Å². The lowest BCUT2D eigenvalue weighted by Crippen LogP contribution is -2.44. The Morgan fingerprint density at radius 1 is 1.33 bits per heavy atom. The van der Waals surface area contributed by atoms with Gasteiger partial charge in [-0.25, -0.2) is 4.79 Å². The van der Waals surface area contributed by atoms with Gasteiger partial charge in [0.2, 0.25) is 0 Å². The van der Waals surface area contributed by atoms with Crippen molar-refractivity contribution in [2.75, 3.05) is 13.7 Å². The van der Waals surface area contributed by atoms with Gasteiger partial charge in [0.05, 0.1) is 13.2 Å². The van der Waals surface area contributed by atoms with E-state index in [0.29, 0.717) is 0 Å². The van der Waals surface area contributed by atoms with E-state index in [0.717, 1.165) is 19.4 Å². The highest BCUT2D eigenvalue weighted by molar-refractivity contribution is 5.68. The molecule has 0 saturated heterocycles. The standard InChI is InChI=1S/C15H27NO2/c1-15(2,3)12-16(14(17)18-4)13-10-8-6-5-7-9-11-13/h8,10,13H,5-7,9,11-12H2,1-4H3/b10-8+. The highest BCUT2D eigenvalue weighted by Gasteiger charge is 2.27. The third-order valence-corrected chi connectivity index (χ3v) is 3.18. The minimum Gasteiger partial charge on any atom is -0.453 e. The highest BCUT2D eigenvalue weighted by Crippen LogP contribution is 2.22. The smallest absolute Gasteiger partial charge is 0.409 e. The zero-order valence-corrected chi connectivity index (χ0v) is 12.2. The minimum absolute atomic E-state index is 0.0877. The number of carbonyl (C=O) groups is 1. The molecule has 0 spiro atoms. The molecule has 0 radical (unpaired) electrons. The van der Waals surface area contributed by atoms with Gasteiger partial charge in [0.1, 0.15) is 0 Å².